The number of rotatable bonds is 4. The zero-order valence-corrected chi connectivity index (χ0v) is 14.6. The quantitative estimate of drug-likeness (QED) is 0.876. The molecule has 0 radical (unpaired) electrons. The first-order valence-corrected chi connectivity index (χ1v) is 8.46. The van der Waals surface area contributed by atoms with Gasteiger partial charge in [-0.2, -0.15) is 0 Å². The molecule has 0 aromatic heterocycles. The van der Waals surface area contributed by atoms with Crippen LogP contribution in [0.1, 0.15) is 12.0 Å². The van der Waals surface area contributed by atoms with Gasteiger partial charge in [-0.25, -0.2) is 4.39 Å². The van der Waals surface area contributed by atoms with Gasteiger partial charge < -0.3 is 10.2 Å². The van der Waals surface area contributed by atoms with Crippen LogP contribution in [-0.2, 0) is 16.1 Å². The second-order valence-electron chi connectivity index (χ2n) is 5.88. The monoisotopic (exact) mass is 380 g/mol. The molecular formula is C18H15Cl2FN2O2. The third kappa shape index (κ3) is 4.30. The molecule has 1 heterocycles. The van der Waals surface area contributed by atoms with E-state index in [1.165, 1.54) is 17.0 Å². The van der Waals surface area contributed by atoms with Gasteiger partial charge in [-0.3, -0.25) is 9.59 Å². The molecule has 130 valence electrons. The van der Waals surface area contributed by atoms with Crippen molar-refractivity contribution in [1.82, 2.24) is 5.32 Å². The number of carbonyl (C=O) groups is 2. The number of anilines is 1. The zero-order valence-electron chi connectivity index (χ0n) is 13.1. The summed E-state index contributed by atoms with van der Waals surface area (Å²) in [5.41, 5.74) is 1.37. The van der Waals surface area contributed by atoms with Gasteiger partial charge in [0.25, 0.3) is 0 Å². The Labute approximate surface area is 154 Å². The van der Waals surface area contributed by atoms with Gasteiger partial charge in [0.05, 0.1) is 5.92 Å². The molecule has 4 nitrogen and oxygen atoms in total. The van der Waals surface area contributed by atoms with Crippen molar-refractivity contribution < 1.29 is 14.0 Å². The third-order valence-electron chi connectivity index (χ3n) is 4.03. The zero-order chi connectivity index (χ0) is 18.0. The van der Waals surface area contributed by atoms with Crippen molar-refractivity contribution in [3.05, 3.63) is 63.9 Å². The minimum atomic E-state index is -0.453. The summed E-state index contributed by atoms with van der Waals surface area (Å²) >= 11 is 12.0. The highest BCUT2D eigenvalue weighted by atomic mass is 35.5. The van der Waals surface area contributed by atoms with Gasteiger partial charge in [0, 0.05) is 35.2 Å². The lowest BCUT2D eigenvalue weighted by atomic mass is 10.1. The molecular weight excluding hydrogens is 366 g/mol. The van der Waals surface area contributed by atoms with Crippen molar-refractivity contribution in [2.45, 2.75) is 13.0 Å². The van der Waals surface area contributed by atoms with Gasteiger partial charge in [0.2, 0.25) is 11.8 Å². The third-order valence-corrected chi connectivity index (χ3v) is 4.47. The van der Waals surface area contributed by atoms with E-state index in [-0.39, 0.29) is 37.1 Å². The van der Waals surface area contributed by atoms with Crippen molar-refractivity contribution in [3.63, 3.8) is 0 Å². The molecule has 0 bridgehead atoms. The van der Waals surface area contributed by atoms with E-state index in [4.69, 9.17) is 23.2 Å². The molecule has 0 aliphatic carbocycles. The summed E-state index contributed by atoms with van der Waals surface area (Å²) in [7, 11) is 0. The maximum atomic E-state index is 12.9. The normalized spacial score (nSPS) is 17.0. The summed E-state index contributed by atoms with van der Waals surface area (Å²) in [4.78, 5) is 26.1. The Balaban J connectivity index is 1.63. The smallest absolute Gasteiger partial charge is 0.227 e. The molecule has 0 spiro atoms. The minimum absolute atomic E-state index is 0.124. The van der Waals surface area contributed by atoms with E-state index in [1.807, 2.05) is 0 Å². The molecule has 2 aromatic rings. The van der Waals surface area contributed by atoms with Crippen molar-refractivity contribution in [2.75, 3.05) is 11.4 Å². The van der Waals surface area contributed by atoms with Crippen molar-refractivity contribution in [1.29, 1.82) is 0 Å². The van der Waals surface area contributed by atoms with Gasteiger partial charge in [0.1, 0.15) is 5.82 Å². The molecule has 2 amide bonds. The van der Waals surface area contributed by atoms with E-state index in [9.17, 15) is 14.0 Å². The van der Waals surface area contributed by atoms with Crippen LogP contribution in [0.4, 0.5) is 10.1 Å². The Hall–Kier alpha value is -2.11. The molecule has 1 N–H and O–H groups in total. The van der Waals surface area contributed by atoms with Crippen molar-refractivity contribution in [3.8, 4) is 0 Å². The fraction of sp³-hybridized carbons (Fsp3) is 0.222. The number of nitrogens with one attached hydrogen (secondary N) is 1. The van der Waals surface area contributed by atoms with E-state index in [2.05, 4.69) is 5.32 Å². The number of hydrogen-bond donors (Lipinski definition) is 1. The predicted molar refractivity (Wildman–Crippen MR) is 95.2 cm³/mol. The molecule has 7 heteroatoms. The highest BCUT2D eigenvalue weighted by molar-refractivity contribution is 6.35. The van der Waals surface area contributed by atoms with E-state index >= 15 is 0 Å². The summed E-state index contributed by atoms with van der Waals surface area (Å²) in [6, 6.07) is 10.8. The lowest BCUT2D eigenvalue weighted by Crippen LogP contribution is -2.32. The van der Waals surface area contributed by atoms with Gasteiger partial charge in [-0.05, 0) is 35.9 Å². The van der Waals surface area contributed by atoms with Crippen molar-refractivity contribution in [2.24, 2.45) is 5.92 Å². The number of halogens is 3. The number of carbonyl (C=O) groups excluding carboxylic acids is 2. The molecule has 25 heavy (non-hydrogen) atoms. The Bertz CT molecular complexity index is 791. The fourth-order valence-electron chi connectivity index (χ4n) is 2.76. The van der Waals surface area contributed by atoms with Crippen LogP contribution in [0.15, 0.2) is 42.5 Å². The number of benzene rings is 2. The van der Waals surface area contributed by atoms with Crippen LogP contribution in [0.5, 0.6) is 0 Å². The molecule has 1 fully saturated rings. The van der Waals surface area contributed by atoms with Crippen LogP contribution >= 0.6 is 23.2 Å². The van der Waals surface area contributed by atoms with Crippen LogP contribution in [0.3, 0.4) is 0 Å². The topological polar surface area (TPSA) is 49.4 Å². The van der Waals surface area contributed by atoms with Crippen LogP contribution in [0.25, 0.3) is 0 Å². The molecule has 2 aromatic carbocycles. The van der Waals surface area contributed by atoms with Crippen LogP contribution in [-0.4, -0.2) is 18.4 Å². The highest BCUT2D eigenvalue weighted by Gasteiger charge is 2.35. The Kier molecular flexibility index (Phi) is 5.25. The molecule has 1 atom stereocenters. The number of nitrogens with zero attached hydrogens (tertiary/aromatic N) is 1. The lowest BCUT2D eigenvalue weighted by molar-refractivity contribution is -0.126. The first kappa shape index (κ1) is 17.7. The second-order valence-corrected chi connectivity index (χ2v) is 6.75. The van der Waals surface area contributed by atoms with Crippen molar-refractivity contribution >= 4 is 40.7 Å². The SMILES string of the molecule is O=C(NCc1ccc(F)cc1)C1CC(=O)N(c2cc(Cl)cc(Cl)c2)C1. The molecule has 1 aliphatic heterocycles. The maximum absolute atomic E-state index is 12.9. The summed E-state index contributed by atoms with van der Waals surface area (Å²) in [6.45, 7) is 0.553. The maximum Gasteiger partial charge on any atom is 0.227 e. The predicted octanol–water partition coefficient (Wildman–Crippen LogP) is 3.80. The average molecular weight is 381 g/mol. The average Bonchev–Trinajstić information content (AvgIpc) is 2.95. The molecule has 1 aliphatic rings. The van der Waals surface area contributed by atoms with E-state index in [1.54, 1.807) is 30.3 Å². The van der Waals surface area contributed by atoms with Crippen LogP contribution in [0, 0.1) is 11.7 Å². The second kappa shape index (κ2) is 7.42. The Morgan fingerprint density at radius 1 is 1.16 bits per heavy atom. The number of amides is 2. The standard InChI is InChI=1S/C18H15Cl2FN2O2/c19-13-6-14(20)8-16(7-13)23-10-12(5-17(23)24)18(25)22-9-11-1-3-15(21)4-2-11/h1-4,6-8,12H,5,9-10H2,(H,22,25). The van der Waals surface area contributed by atoms with Crippen LogP contribution < -0.4 is 10.2 Å². The Morgan fingerprint density at radius 2 is 1.80 bits per heavy atom. The Morgan fingerprint density at radius 3 is 2.44 bits per heavy atom. The molecule has 1 unspecified atom stereocenters. The highest BCUT2D eigenvalue weighted by Crippen LogP contribution is 2.30. The number of hydrogen-bond acceptors (Lipinski definition) is 2. The summed E-state index contributed by atoms with van der Waals surface area (Å²) < 4.78 is 12.9. The molecule has 0 saturated carbocycles. The summed E-state index contributed by atoms with van der Waals surface area (Å²) in [5, 5.41) is 3.64. The van der Waals surface area contributed by atoms with Gasteiger partial charge >= 0.3 is 0 Å². The summed E-state index contributed by atoms with van der Waals surface area (Å²) in [6.07, 6.45) is 0.124. The minimum Gasteiger partial charge on any atom is -0.352 e. The largest absolute Gasteiger partial charge is 0.352 e. The van der Waals surface area contributed by atoms with Crippen LogP contribution in [0.2, 0.25) is 10.0 Å². The summed E-state index contributed by atoms with van der Waals surface area (Å²) in [5.74, 6) is -1.15. The molecule has 1 saturated heterocycles. The van der Waals surface area contributed by atoms with E-state index in [0.29, 0.717) is 15.7 Å². The van der Waals surface area contributed by atoms with E-state index < -0.39 is 5.92 Å². The first-order chi connectivity index (χ1) is 11.9. The van der Waals surface area contributed by atoms with Gasteiger partial charge in [-0.1, -0.05) is 35.3 Å². The first-order valence-electron chi connectivity index (χ1n) is 7.71. The lowest BCUT2D eigenvalue weighted by Gasteiger charge is -2.17. The van der Waals surface area contributed by atoms with Gasteiger partial charge in [-0.15, -0.1) is 0 Å². The van der Waals surface area contributed by atoms with Gasteiger partial charge in [0.15, 0.2) is 0 Å². The fourth-order valence-corrected chi connectivity index (χ4v) is 3.28. The van der Waals surface area contributed by atoms with E-state index in [0.717, 1.165) is 5.56 Å². The molecule has 3 rings (SSSR count).